The monoisotopic (exact) mass is 392 g/mol. The maximum absolute atomic E-state index is 12.3. The zero-order chi connectivity index (χ0) is 19.4. The van der Waals surface area contributed by atoms with Crippen LogP contribution in [-0.4, -0.2) is 21.7 Å². The topological polar surface area (TPSA) is 27.1 Å². The fourth-order valence-corrected chi connectivity index (χ4v) is 3.55. The minimum atomic E-state index is -4.70. The lowest BCUT2D eigenvalue weighted by Gasteiger charge is -2.10. The highest BCUT2D eigenvalue weighted by atomic mass is 32.2. The zero-order valence-corrected chi connectivity index (χ0v) is 15.6. The number of allylic oxidation sites excluding steroid dienone is 1. The Morgan fingerprint density at radius 3 is 2.56 bits per heavy atom. The molecule has 0 aliphatic carbocycles. The summed E-state index contributed by atoms with van der Waals surface area (Å²) in [5.74, 6) is 1.46. The highest BCUT2D eigenvalue weighted by molar-refractivity contribution is 7.99. The lowest BCUT2D eigenvalue weighted by Crippen LogP contribution is -2.16. The van der Waals surface area contributed by atoms with Crippen LogP contribution in [0.25, 0.3) is 22.4 Å². The third kappa shape index (κ3) is 4.66. The molecule has 0 bridgehead atoms. The Hall–Kier alpha value is -2.41. The van der Waals surface area contributed by atoms with Gasteiger partial charge in [0.05, 0.1) is 11.0 Å². The van der Waals surface area contributed by atoms with Crippen LogP contribution in [0.5, 0.6) is 5.75 Å². The molecule has 3 nitrogen and oxygen atoms in total. The van der Waals surface area contributed by atoms with Gasteiger partial charge in [0, 0.05) is 17.0 Å². The molecule has 0 atom stereocenters. The van der Waals surface area contributed by atoms with Crippen molar-refractivity contribution in [1.29, 1.82) is 0 Å². The molecule has 3 rings (SSSR count). The summed E-state index contributed by atoms with van der Waals surface area (Å²) in [6.07, 6.45) is -1.84. The van der Waals surface area contributed by atoms with Gasteiger partial charge in [-0.15, -0.1) is 31.5 Å². The van der Waals surface area contributed by atoms with Crippen LogP contribution in [0.2, 0.25) is 0 Å². The molecular formula is C20H19F3N2OS. The van der Waals surface area contributed by atoms with Crippen LogP contribution in [0.3, 0.4) is 0 Å². The number of hydrogen-bond donors (Lipinski definition) is 0. The van der Waals surface area contributed by atoms with E-state index in [0.29, 0.717) is 17.9 Å². The molecule has 27 heavy (non-hydrogen) atoms. The molecule has 0 saturated heterocycles. The molecule has 0 saturated carbocycles. The van der Waals surface area contributed by atoms with E-state index in [1.165, 1.54) is 12.1 Å². The van der Waals surface area contributed by atoms with Crippen LogP contribution in [-0.2, 0) is 6.54 Å². The number of thioether (sulfide) groups is 1. The first kappa shape index (κ1) is 19.4. The molecule has 0 N–H and O–H groups in total. The smallest absolute Gasteiger partial charge is 0.406 e. The number of imidazole rings is 1. The number of alkyl halides is 3. The quantitative estimate of drug-likeness (QED) is 0.349. The number of nitrogens with zero attached hydrogens (tertiary/aromatic N) is 2. The van der Waals surface area contributed by atoms with Gasteiger partial charge < -0.3 is 9.30 Å². The normalized spacial score (nSPS) is 11.7. The van der Waals surface area contributed by atoms with Gasteiger partial charge in [-0.05, 0) is 54.6 Å². The predicted octanol–water partition coefficient (Wildman–Crippen LogP) is 6.29. The van der Waals surface area contributed by atoms with E-state index in [2.05, 4.69) is 29.3 Å². The van der Waals surface area contributed by atoms with Crippen molar-refractivity contribution in [3.63, 3.8) is 0 Å². The Bertz CT molecular complexity index is 933. The summed E-state index contributed by atoms with van der Waals surface area (Å²) in [5, 5.41) is 0. The first-order chi connectivity index (χ1) is 12.9. The van der Waals surface area contributed by atoms with Crippen molar-refractivity contribution < 1.29 is 17.9 Å². The van der Waals surface area contributed by atoms with Crippen LogP contribution in [0.15, 0.2) is 60.0 Å². The second kappa shape index (κ2) is 8.08. The summed E-state index contributed by atoms with van der Waals surface area (Å²) >= 11 is 1.78. The summed E-state index contributed by atoms with van der Waals surface area (Å²) in [5.41, 5.74) is 2.52. The number of hydrogen-bond acceptors (Lipinski definition) is 3. The highest BCUT2D eigenvalue weighted by Gasteiger charge is 2.31. The van der Waals surface area contributed by atoms with Gasteiger partial charge in [0.25, 0.3) is 0 Å². The van der Waals surface area contributed by atoms with Crippen molar-refractivity contribution in [2.45, 2.75) is 31.1 Å². The SMILES string of the molecule is C=CCn1c(-c2ccc(OC(F)(F)F)cc2)nc2ccc(SCCC)cc21. The van der Waals surface area contributed by atoms with Gasteiger partial charge in [-0.3, -0.25) is 0 Å². The number of ether oxygens (including phenoxy) is 1. The van der Waals surface area contributed by atoms with Crippen LogP contribution in [0, 0.1) is 0 Å². The molecule has 1 aromatic heterocycles. The number of benzene rings is 2. The Morgan fingerprint density at radius 2 is 1.93 bits per heavy atom. The molecule has 142 valence electrons. The van der Waals surface area contributed by atoms with E-state index >= 15 is 0 Å². The van der Waals surface area contributed by atoms with Gasteiger partial charge in [0.2, 0.25) is 0 Å². The van der Waals surface area contributed by atoms with E-state index in [-0.39, 0.29) is 5.75 Å². The molecule has 7 heteroatoms. The van der Waals surface area contributed by atoms with E-state index in [1.807, 2.05) is 16.7 Å². The molecule has 0 amide bonds. The summed E-state index contributed by atoms with van der Waals surface area (Å²) in [4.78, 5) is 5.83. The maximum Gasteiger partial charge on any atom is 0.573 e. The van der Waals surface area contributed by atoms with E-state index in [4.69, 9.17) is 0 Å². The Labute approximate surface area is 159 Å². The van der Waals surface area contributed by atoms with Crippen molar-refractivity contribution in [2.24, 2.45) is 0 Å². The minimum Gasteiger partial charge on any atom is -0.406 e. The van der Waals surface area contributed by atoms with E-state index in [1.54, 1.807) is 30.0 Å². The van der Waals surface area contributed by atoms with Crippen molar-refractivity contribution in [1.82, 2.24) is 9.55 Å². The summed E-state index contributed by atoms with van der Waals surface area (Å²) < 4.78 is 43.0. The second-order valence-electron chi connectivity index (χ2n) is 5.91. The zero-order valence-electron chi connectivity index (χ0n) is 14.8. The van der Waals surface area contributed by atoms with Crippen LogP contribution in [0.4, 0.5) is 13.2 Å². The molecule has 0 radical (unpaired) electrons. The average molecular weight is 392 g/mol. The van der Waals surface area contributed by atoms with Crippen molar-refractivity contribution in [3.8, 4) is 17.1 Å². The second-order valence-corrected chi connectivity index (χ2v) is 7.07. The fourth-order valence-electron chi connectivity index (χ4n) is 2.75. The third-order valence-electron chi connectivity index (χ3n) is 3.85. The van der Waals surface area contributed by atoms with Crippen LogP contribution >= 0.6 is 11.8 Å². The lowest BCUT2D eigenvalue weighted by molar-refractivity contribution is -0.274. The fraction of sp³-hybridized carbons (Fsp3) is 0.250. The Balaban J connectivity index is 2.00. The van der Waals surface area contributed by atoms with Crippen LogP contribution < -0.4 is 4.74 Å². The third-order valence-corrected chi connectivity index (χ3v) is 5.05. The highest BCUT2D eigenvalue weighted by Crippen LogP contribution is 2.31. The number of aromatic nitrogens is 2. The van der Waals surface area contributed by atoms with E-state index in [0.717, 1.165) is 28.1 Å². The van der Waals surface area contributed by atoms with Crippen molar-refractivity contribution in [2.75, 3.05) is 5.75 Å². The van der Waals surface area contributed by atoms with Crippen molar-refractivity contribution in [3.05, 3.63) is 55.1 Å². The molecule has 0 unspecified atom stereocenters. The molecular weight excluding hydrogens is 373 g/mol. The first-order valence-corrected chi connectivity index (χ1v) is 9.50. The molecule has 0 spiro atoms. The predicted molar refractivity (Wildman–Crippen MR) is 103 cm³/mol. The van der Waals surface area contributed by atoms with Crippen LogP contribution in [0.1, 0.15) is 13.3 Å². The molecule has 1 heterocycles. The van der Waals surface area contributed by atoms with Gasteiger partial charge in [-0.2, -0.15) is 0 Å². The molecule has 0 fully saturated rings. The Morgan fingerprint density at radius 1 is 1.19 bits per heavy atom. The Kier molecular flexibility index (Phi) is 5.79. The van der Waals surface area contributed by atoms with Gasteiger partial charge in [-0.1, -0.05) is 13.0 Å². The number of rotatable bonds is 7. The van der Waals surface area contributed by atoms with E-state index in [9.17, 15) is 13.2 Å². The average Bonchev–Trinajstić information content (AvgIpc) is 2.98. The summed E-state index contributed by atoms with van der Waals surface area (Å²) in [6, 6.07) is 11.8. The minimum absolute atomic E-state index is 0.254. The van der Waals surface area contributed by atoms with Gasteiger partial charge >= 0.3 is 6.36 Å². The van der Waals surface area contributed by atoms with Gasteiger partial charge in [0.15, 0.2) is 0 Å². The van der Waals surface area contributed by atoms with Gasteiger partial charge in [0.1, 0.15) is 11.6 Å². The molecule has 3 aromatic rings. The number of fused-ring (bicyclic) bond motifs is 1. The standard InChI is InChI=1S/C20H19F3N2OS/c1-3-11-25-18-13-16(27-12-4-2)9-10-17(18)24-19(25)14-5-7-15(8-6-14)26-20(21,22)23/h3,5-10,13H,1,4,11-12H2,2H3. The molecule has 0 aliphatic heterocycles. The summed E-state index contributed by atoms with van der Waals surface area (Å²) in [6.45, 7) is 6.49. The number of halogens is 3. The molecule has 2 aromatic carbocycles. The van der Waals surface area contributed by atoms with Gasteiger partial charge in [-0.25, -0.2) is 4.98 Å². The summed E-state index contributed by atoms with van der Waals surface area (Å²) in [7, 11) is 0. The lowest BCUT2D eigenvalue weighted by atomic mass is 10.2. The molecule has 0 aliphatic rings. The first-order valence-electron chi connectivity index (χ1n) is 8.51. The largest absolute Gasteiger partial charge is 0.573 e. The van der Waals surface area contributed by atoms with E-state index < -0.39 is 6.36 Å². The van der Waals surface area contributed by atoms with Crippen molar-refractivity contribution >= 4 is 22.8 Å². The maximum atomic E-state index is 12.3.